The topological polar surface area (TPSA) is 65.7 Å². The SMILES string of the molecule is CCN(CC)c1ccc2c(c1)C(O)c1c(c3cc(Cl)ccc3oc1=O)N2. The molecule has 3 aromatic rings. The minimum atomic E-state index is -1.06. The lowest BCUT2D eigenvalue weighted by Gasteiger charge is -2.28. The van der Waals surface area contributed by atoms with E-state index in [2.05, 4.69) is 24.1 Å². The maximum atomic E-state index is 12.5. The van der Waals surface area contributed by atoms with Crippen molar-refractivity contribution >= 4 is 39.6 Å². The third kappa shape index (κ3) is 2.55. The lowest BCUT2D eigenvalue weighted by atomic mass is 9.93. The van der Waals surface area contributed by atoms with Crippen LogP contribution in [0.25, 0.3) is 11.0 Å². The molecule has 2 heterocycles. The van der Waals surface area contributed by atoms with Gasteiger partial charge >= 0.3 is 5.63 Å². The third-order valence-electron chi connectivity index (χ3n) is 4.89. The number of aliphatic hydroxyl groups is 1. The maximum absolute atomic E-state index is 12.5. The first kappa shape index (κ1) is 16.9. The molecule has 134 valence electrons. The van der Waals surface area contributed by atoms with Gasteiger partial charge in [0.15, 0.2) is 0 Å². The van der Waals surface area contributed by atoms with Gasteiger partial charge in [-0.25, -0.2) is 4.79 Å². The van der Waals surface area contributed by atoms with Crippen molar-refractivity contribution in [2.45, 2.75) is 20.0 Å². The summed E-state index contributed by atoms with van der Waals surface area (Å²) in [6.45, 7) is 5.89. The number of aliphatic hydroxyl groups excluding tert-OH is 1. The number of nitrogens with zero attached hydrogens (tertiary/aromatic N) is 1. The number of halogens is 1. The number of nitrogens with one attached hydrogen (secondary N) is 1. The van der Waals surface area contributed by atoms with Crippen molar-refractivity contribution in [1.82, 2.24) is 0 Å². The Kier molecular flexibility index (Phi) is 4.13. The minimum Gasteiger partial charge on any atom is -0.422 e. The summed E-state index contributed by atoms with van der Waals surface area (Å²) >= 11 is 6.11. The van der Waals surface area contributed by atoms with Crippen LogP contribution in [0.3, 0.4) is 0 Å². The molecule has 0 fully saturated rings. The van der Waals surface area contributed by atoms with Gasteiger partial charge in [0.2, 0.25) is 0 Å². The normalized spacial score (nSPS) is 15.3. The Hall–Kier alpha value is -2.50. The highest BCUT2D eigenvalue weighted by Crippen LogP contribution is 2.43. The first-order valence-corrected chi connectivity index (χ1v) is 9.01. The highest BCUT2D eigenvalue weighted by Gasteiger charge is 2.30. The van der Waals surface area contributed by atoms with Gasteiger partial charge in [0.05, 0.1) is 11.3 Å². The van der Waals surface area contributed by atoms with E-state index in [4.69, 9.17) is 16.0 Å². The molecular formula is C20H19ClN2O3. The predicted octanol–water partition coefficient (Wildman–Crippen LogP) is 4.43. The van der Waals surface area contributed by atoms with Gasteiger partial charge in [-0.05, 0) is 50.2 Å². The molecule has 0 radical (unpaired) electrons. The maximum Gasteiger partial charge on any atom is 0.344 e. The van der Waals surface area contributed by atoms with Crippen LogP contribution in [-0.2, 0) is 0 Å². The monoisotopic (exact) mass is 370 g/mol. The summed E-state index contributed by atoms with van der Waals surface area (Å²) in [6, 6.07) is 10.9. The Balaban J connectivity index is 1.91. The first-order valence-electron chi connectivity index (χ1n) is 8.63. The van der Waals surface area contributed by atoms with E-state index < -0.39 is 11.7 Å². The first-order chi connectivity index (χ1) is 12.5. The van der Waals surface area contributed by atoms with Crippen LogP contribution in [0.4, 0.5) is 17.1 Å². The molecule has 0 saturated carbocycles. The molecule has 26 heavy (non-hydrogen) atoms. The van der Waals surface area contributed by atoms with Gasteiger partial charge in [-0.1, -0.05) is 11.6 Å². The van der Waals surface area contributed by atoms with Crippen LogP contribution >= 0.6 is 11.6 Å². The number of anilines is 3. The number of benzene rings is 2. The standard InChI is InChI=1S/C20H19ClN2O3/c1-3-23(4-2)12-6-7-15-13(10-12)19(24)17-18(22-15)14-9-11(21)5-8-16(14)26-20(17)25/h5-10,19,22,24H,3-4H2,1-2H3. The minimum absolute atomic E-state index is 0.212. The van der Waals surface area contributed by atoms with Crippen LogP contribution in [0.5, 0.6) is 0 Å². The average Bonchev–Trinajstić information content (AvgIpc) is 2.63. The Bertz CT molecular complexity index is 1060. The van der Waals surface area contributed by atoms with Gasteiger partial charge in [0, 0.05) is 40.4 Å². The fraction of sp³-hybridized carbons (Fsp3) is 0.250. The molecule has 0 aliphatic carbocycles. The van der Waals surface area contributed by atoms with Crippen molar-refractivity contribution in [3.63, 3.8) is 0 Å². The van der Waals surface area contributed by atoms with E-state index in [1.54, 1.807) is 18.2 Å². The van der Waals surface area contributed by atoms with Gasteiger partial charge in [0.25, 0.3) is 0 Å². The molecule has 0 saturated heterocycles. The number of hydrogen-bond acceptors (Lipinski definition) is 5. The summed E-state index contributed by atoms with van der Waals surface area (Å²) in [6.07, 6.45) is -1.06. The van der Waals surface area contributed by atoms with E-state index in [0.717, 1.165) is 24.5 Å². The molecule has 1 aliphatic rings. The molecule has 0 spiro atoms. The smallest absolute Gasteiger partial charge is 0.344 e. The number of fused-ring (bicyclic) bond motifs is 4. The third-order valence-corrected chi connectivity index (χ3v) is 5.13. The number of hydrogen-bond donors (Lipinski definition) is 2. The Labute approximate surface area is 155 Å². The second kappa shape index (κ2) is 6.34. The summed E-state index contributed by atoms with van der Waals surface area (Å²) in [5, 5.41) is 15.4. The van der Waals surface area contributed by atoms with Crippen LogP contribution in [0.2, 0.25) is 5.02 Å². The molecule has 2 aromatic carbocycles. The van der Waals surface area contributed by atoms with E-state index in [9.17, 15) is 9.90 Å². The van der Waals surface area contributed by atoms with Crippen molar-refractivity contribution < 1.29 is 9.52 Å². The summed E-state index contributed by atoms with van der Waals surface area (Å²) in [7, 11) is 0. The average molecular weight is 371 g/mol. The molecule has 1 unspecified atom stereocenters. The molecule has 2 N–H and O–H groups in total. The summed E-state index contributed by atoms with van der Waals surface area (Å²) in [5.74, 6) is 0. The van der Waals surface area contributed by atoms with Gasteiger partial charge in [0.1, 0.15) is 11.7 Å². The van der Waals surface area contributed by atoms with E-state index in [0.29, 0.717) is 27.2 Å². The van der Waals surface area contributed by atoms with Gasteiger partial charge in [-0.3, -0.25) is 0 Å². The molecule has 0 bridgehead atoms. The molecule has 5 nitrogen and oxygen atoms in total. The van der Waals surface area contributed by atoms with Crippen LogP contribution < -0.4 is 15.8 Å². The second-order valence-electron chi connectivity index (χ2n) is 6.29. The van der Waals surface area contributed by atoms with Crippen LogP contribution in [0.1, 0.15) is 31.1 Å². The van der Waals surface area contributed by atoms with Crippen molar-refractivity contribution in [2.24, 2.45) is 0 Å². The molecule has 1 aromatic heterocycles. The summed E-state index contributed by atoms with van der Waals surface area (Å²) < 4.78 is 5.40. The van der Waals surface area contributed by atoms with Crippen molar-refractivity contribution in [1.29, 1.82) is 0 Å². The largest absolute Gasteiger partial charge is 0.422 e. The Morgan fingerprint density at radius 2 is 1.96 bits per heavy atom. The number of rotatable bonds is 3. The highest BCUT2D eigenvalue weighted by atomic mass is 35.5. The fourth-order valence-electron chi connectivity index (χ4n) is 3.54. The van der Waals surface area contributed by atoms with E-state index in [1.807, 2.05) is 18.2 Å². The summed E-state index contributed by atoms with van der Waals surface area (Å²) in [5.41, 5.74) is 3.09. The summed E-state index contributed by atoms with van der Waals surface area (Å²) in [4.78, 5) is 14.7. The zero-order chi connectivity index (χ0) is 18.4. The molecule has 1 aliphatic heterocycles. The van der Waals surface area contributed by atoms with Gasteiger partial charge in [-0.15, -0.1) is 0 Å². The van der Waals surface area contributed by atoms with Crippen molar-refractivity contribution in [3.8, 4) is 0 Å². The predicted molar refractivity (Wildman–Crippen MR) is 105 cm³/mol. The molecule has 1 atom stereocenters. The van der Waals surface area contributed by atoms with Crippen LogP contribution in [-0.4, -0.2) is 18.2 Å². The van der Waals surface area contributed by atoms with Gasteiger partial charge < -0.3 is 19.7 Å². The van der Waals surface area contributed by atoms with Gasteiger partial charge in [-0.2, -0.15) is 0 Å². The highest BCUT2D eigenvalue weighted by molar-refractivity contribution is 6.31. The van der Waals surface area contributed by atoms with Crippen LogP contribution in [0.15, 0.2) is 45.6 Å². The zero-order valence-corrected chi connectivity index (χ0v) is 15.3. The molecule has 6 heteroatoms. The van der Waals surface area contributed by atoms with E-state index >= 15 is 0 Å². The molecule has 4 rings (SSSR count). The lowest BCUT2D eigenvalue weighted by molar-refractivity contribution is 0.215. The zero-order valence-electron chi connectivity index (χ0n) is 14.5. The Morgan fingerprint density at radius 3 is 2.69 bits per heavy atom. The molecule has 0 amide bonds. The van der Waals surface area contributed by atoms with E-state index in [-0.39, 0.29) is 5.56 Å². The molecular weight excluding hydrogens is 352 g/mol. The second-order valence-corrected chi connectivity index (χ2v) is 6.73. The van der Waals surface area contributed by atoms with Crippen LogP contribution in [0, 0.1) is 0 Å². The van der Waals surface area contributed by atoms with Crippen molar-refractivity contribution in [2.75, 3.05) is 23.3 Å². The fourth-order valence-corrected chi connectivity index (χ4v) is 3.71. The Morgan fingerprint density at radius 1 is 1.19 bits per heavy atom. The van der Waals surface area contributed by atoms with Crippen molar-refractivity contribution in [3.05, 3.63) is 63.0 Å². The quantitative estimate of drug-likeness (QED) is 0.667. The lowest BCUT2D eigenvalue weighted by Crippen LogP contribution is -2.24. The van der Waals surface area contributed by atoms with E-state index in [1.165, 1.54) is 0 Å².